The number of thiophene rings is 1. The number of methoxy groups -OCH3 is 1. The number of halogens is 1. The Hall–Kier alpha value is -3.10. The topological polar surface area (TPSA) is 107 Å². The molecule has 0 saturated carbocycles. The van der Waals surface area contributed by atoms with E-state index < -0.39 is 11.9 Å². The zero-order valence-corrected chi connectivity index (χ0v) is 19.1. The number of amides is 1. The van der Waals surface area contributed by atoms with Crippen LogP contribution in [0.15, 0.2) is 30.3 Å². The Morgan fingerprint density at radius 1 is 1.23 bits per heavy atom. The van der Waals surface area contributed by atoms with Crippen LogP contribution in [0, 0.1) is 0 Å². The minimum Gasteiger partial charge on any atom is -0.494 e. The number of benzene rings is 2. The summed E-state index contributed by atoms with van der Waals surface area (Å²) in [5.41, 5.74) is 7.27. The Balaban J connectivity index is 0.00000132. The molecule has 0 radical (unpaired) electrons. The SMILES string of the molecule is CC.CCOC(=O)c1sc2cccc(Cl)c2c1-c1nc2c(OC)c(C(N)=O)ccc2[nH]1. The van der Waals surface area contributed by atoms with Crippen molar-refractivity contribution < 1.29 is 19.1 Å². The largest absolute Gasteiger partial charge is 0.494 e. The zero-order valence-electron chi connectivity index (χ0n) is 17.5. The van der Waals surface area contributed by atoms with Crippen LogP contribution in [0.1, 0.15) is 40.8 Å². The van der Waals surface area contributed by atoms with Gasteiger partial charge in [0.2, 0.25) is 0 Å². The molecule has 0 saturated heterocycles. The first kappa shape index (κ1) is 22.6. The summed E-state index contributed by atoms with van der Waals surface area (Å²) in [6.45, 7) is 5.99. The van der Waals surface area contributed by atoms with Gasteiger partial charge in [-0.15, -0.1) is 11.3 Å². The van der Waals surface area contributed by atoms with Gasteiger partial charge in [0.05, 0.1) is 35.4 Å². The van der Waals surface area contributed by atoms with Gasteiger partial charge in [-0.2, -0.15) is 0 Å². The molecule has 7 nitrogen and oxygen atoms in total. The third kappa shape index (κ3) is 3.96. The minimum absolute atomic E-state index is 0.219. The fourth-order valence-electron chi connectivity index (χ4n) is 3.24. The summed E-state index contributed by atoms with van der Waals surface area (Å²) in [5, 5.41) is 1.20. The van der Waals surface area contributed by atoms with Crippen molar-refractivity contribution in [1.82, 2.24) is 9.97 Å². The highest BCUT2D eigenvalue weighted by Crippen LogP contribution is 2.43. The van der Waals surface area contributed by atoms with Crippen molar-refractivity contribution in [3.8, 4) is 17.1 Å². The number of rotatable bonds is 5. The standard InChI is InChI=1S/C20H16ClN3O4S.C2H6/c1-3-28-20(26)17-14(13-10(21)5-4-6-12(13)29-17)19-23-11-8-7-9(18(22)25)16(27-2)15(11)24-19;1-2/h4-8H,3H2,1-2H3,(H2,22,25)(H,23,24);1-2H3. The molecule has 162 valence electrons. The first-order chi connectivity index (χ1) is 15.0. The average molecular weight is 460 g/mol. The molecular weight excluding hydrogens is 438 g/mol. The molecule has 2 aromatic heterocycles. The number of hydrogen-bond donors (Lipinski definition) is 2. The van der Waals surface area contributed by atoms with Crippen molar-refractivity contribution >= 4 is 55.9 Å². The third-order valence-electron chi connectivity index (χ3n) is 4.44. The van der Waals surface area contributed by atoms with E-state index in [-0.39, 0.29) is 17.9 Å². The van der Waals surface area contributed by atoms with E-state index in [0.29, 0.717) is 37.7 Å². The smallest absolute Gasteiger partial charge is 0.349 e. The molecule has 0 unspecified atom stereocenters. The molecular formula is C22H22ClN3O4S. The van der Waals surface area contributed by atoms with E-state index in [9.17, 15) is 9.59 Å². The first-order valence-electron chi connectivity index (χ1n) is 9.71. The molecule has 0 aliphatic rings. The maximum atomic E-state index is 12.6. The zero-order chi connectivity index (χ0) is 22.7. The number of carbonyl (C=O) groups excluding carboxylic acids is 2. The Morgan fingerprint density at radius 2 is 1.97 bits per heavy atom. The summed E-state index contributed by atoms with van der Waals surface area (Å²) < 4.78 is 11.4. The van der Waals surface area contributed by atoms with Crippen LogP contribution >= 0.6 is 22.9 Å². The average Bonchev–Trinajstić information content (AvgIpc) is 3.36. The van der Waals surface area contributed by atoms with Gasteiger partial charge in [0.15, 0.2) is 5.75 Å². The van der Waals surface area contributed by atoms with Gasteiger partial charge in [-0.25, -0.2) is 9.78 Å². The minimum atomic E-state index is -0.621. The van der Waals surface area contributed by atoms with Gasteiger partial charge in [0.1, 0.15) is 16.2 Å². The van der Waals surface area contributed by atoms with E-state index in [1.807, 2.05) is 26.0 Å². The maximum Gasteiger partial charge on any atom is 0.349 e. The highest BCUT2D eigenvalue weighted by Gasteiger charge is 2.26. The first-order valence-corrected chi connectivity index (χ1v) is 10.9. The summed E-state index contributed by atoms with van der Waals surface area (Å²) in [7, 11) is 1.44. The third-order valence-corrected chi connectivity index (χ3v) is 5.89. The second-order valence-electron chi connectivity index (χ2n) is 6.13. The molecule has 0 fully saturated rings. The van der Waals surface area contributed by atoms with Gasteiger partial charge in [0.25, 0.3) is 5.91 Å². The molecule has 2 heterocycles. The molecule has 1 amide bonds. The molecule has 9 heteroatoms. The number of hydrogen-bond acceptors (Lipinski definition) is 6. The number of aromatic nitrogens is 2. The van der Waals surface area contributed by atoms with E-state index in [1.54, 1.807) is 25.1 Å². The molecule has 0 bridgehead atoms. The monoisotopic (exact) mass is 459 g/mol. The van der Waals surface area contributed by atoms with Gasteiger partial charge in [-0.05, 0) is 31.2 Å². The van der Waals surface area contributed by atoms with Crippen molar-refractivity contribution in [2.45, 2.75) is 20.8 Å². The number of primary amides is 1. The lowest BCUT2D eigenvalue weighted by atomic mass is 10.1. The molecule has 4 rings (SSSR count). The molecule has 0 aliphatic heterocycles. The quantitative estimate of drug-likeness (QED) is 0.388. The summed E-state index contributed by atoms with van der Waals surface area (Å²) >= 11 is 7.74. The summed E-state index contributed by atoms with van der Waals surface area (Å²) in [6.07, 6.45) is 0. The number of esters is 1. The fraction of sp³-hybridized carbons (Fsp3) is 0.227. The van der Waals surface area contributed by atoms with Crippen molar-refractivity contribution in [3.63, 3.8) is 0 Å². The Bertz CT molecular complexity index is 1280. The fourth-order valence-corrected chi connectivity index (χ4v) is 4.69. The van der Waals surface area contributed by atoms with Gasteiger partial charge in [-0.1, -0.05) is 31.5 Å². The summed E-state index contributed by atoms with van der Waals surface area (Å²) in [6, 6.07) is 8.71. The molecule has 0 aliphatic carbocycles. The van der Waals surface area contributed by atoms with E-state index >= 15 is 0 Å². The lowest BCUT2D eigenvalue weighted by Gasteiger charge is -2.05. The normalized spacial score (nSPS) is 10.6. The van der Waals surface area contributed by atoms with Crippen LogP contribution in [-0.2, 0) is 4.74 Å². The van der Waals surface area contributed by atoms with E-state index in [0.717, 1.165) is 4.70 Å². The van der Waals surface area contributed by atoms with Gasteiger partial charge in [0, 0.05) is 10.1 Å². The lowest BCUT2D eigenvalue weighted by molar-refractivity contribution is 0.0532. The second-order valence-corrected chi connectivity index (χ2v) is 7.59. The number of nitrogens with two attached hydrogens (primary N) is 1. The maximum absolute atomic E-state index is 12.6. The van der Waals surface area contributed by atoms with E-state index in [1.165, 1.54) is 18.4 Å². The number of aromatic amines is 1. The number of nitrogens with one attached hydrogen (secondary N) is 1. The predicted molar refractivity (Wildman–Crippen MR) is 124 cm³/mol. The van der Waals surface area contributed by atoms with Gasteiger partial charge < -0.3 is 20.2 Å². The lowest BCUT2D eigenvalue weighted by Crippen LogP contribution is -2.12. The van der Waals surface area contributed by atoms with Crippen LogP contribution in [0.4, 0.5) is 0 Å². The Morgan fingerprint density at radius 3 is 2.61 bits per heavy atom. The molecule has 31 heavy (non-hydrogen) atoms. The number of carbonyl (C=O) groups is 2. The van der Waals surface area contributed by atoms with E-state index in [2.05, 4.69) is 9.97 Å². The molecule has 4 aromatic rings. The summed E-state index contributed by atoms with van der Waals surface area (Å²) in [4.78, 5) is 32.5. The van der Waals surface area contributed by atoms with Crippen molar-refractivity contribution in [2.75, 3.05) is 13.7 Å². The Kier molecular flexibility index (Phi) is 6.82. The number of nitrogens with zero attached hydrogens (tertiary/aromatic N) is 1. The van der Waals surface area contributed by atoms with Crippen molar-refractivity contribution in [2.24, 2.45) is 5.73 Å². The van der Waals surface area contributed by atoms with Crippen LogP contribution in [-0.4, -0.2) is 35.6 Å². The number of ether oxygens (including phenoxy) is 2. The number of fused-ring (bicyclic) bond motifs is 2. The van der Waals surface area contributed by atoms with Crippen LogP contribution in [0.5, 0.6) is 5.75 Å². The second kappa shape index (κ2) is 9.36. The summed E-state index contributed by atoms with van der Waals surface area (Å²) in [5.74, 6) is -0.391. The van der Waals surface area contributed by atoms with Crippen molar-refractivity contribution in [1.29, 1.82) is 0 Å². The van der Waals surface area contributed by atoms with Crippen LogP contribution in [0.25, 0.3) is 32.5 Å². The molecule has 0 atom stereocenters. The van der Waals surface area contributed by atoms with Crippen molar-refractivity contribution in [3.05, 3.63) is 45.8 Å². The van der Waals surface area contributed by atoms with Gasteiger partial charge in [-0.3, -0.25) is 4.79 Å². The molecule has 3 N–H and O–H groups in total. The predicted octanol–water partition coefficient (Wildman–Crippen LogP) is 5.41. The van der Waals surface area contributed by atoms with Crippen LogP contribution in [0.3, 0.4) is 0 Å². The highest BCUT2D eigenvalue weighted by molar-refractivity contribution is 7.21. The van der Waals surface area contributed by atoms with Crippen LogP contribution in [0.2, 0.25) is 5.02 Å². The van der Waals surface area contributed by atoms with Crippen LogP contribution < -0.4 is 10.5 Å². The number of imidazole rings is 1. The molecule has 2 aromatic carbocycles. The van der Waals surface area contributed by atoms with E-state index in [4.69, 9.17) is 26.8 Å². The Labute approximate surface area is 188 Å². The molecule has 0 spiro atoms. The highest BCUT2D eigenvalue weighted by atomic mass is 35.5. The number of H-pyrrole nitrogens is 1. The van der Waals surface area contributed by atoms with Gasteiger partial charge >= 0.3 is 5.97 Å².